The van der Waals surface area contributed by atoms with Gasteiger partial charge in [0, 0.05) is 63.8 Å². The largest absolute Gasteiger partial charge is 0.380 e. The molecule has 2 saturated heterocycles. The molecule has 1 unspecified atom stereocenters. The molecule has 5 rings (SSSR count). The zero-order valence-corrected chi connectivity index (χ0v) is 22.8. The van der Waals surface area contributed by atoms with Crippen molar-refractivity contribution in [3.05, 3.63) is 43.2 Å². The van der Waals surface area contributed by atoms with E-state index in [1.54, 1.807) is 7.11 Å². The van der Waals surface area contributed by atoms with Crippen LogP contribution >= 0.6 is 0 Å². The number of aromatic nitrogens is 4. The first-order valence-electron chi connectivity index (χ1n) is 13.0. The quantitative estimate of drug-likeness (QED) is 0.453. The molecular weight excluding hydrogens is 482 g/mol. The Morgan fingerprint density at radius 1 is 1.13 bits per heavy atom. The fourth-order valence-electron chi connectivity index (χ4n) is 4.57. The molecule has 2 aliphatic rings. The third-order valence-electron chi connectivity index (χ3n) is 6.93. The Morgan fingerprint density at radius 3 is 2.39 bits per heavy atom. The number of carbonyl (C=O) groups excluding carboxylic acids is 1. The zero-order valence-electron chi connectivity index (χ0n) is 22.8. The van der Waals surface area contributed by atoms with E-state index in [2.05, 4.69) is 87.0 Å². The van der Waals surface area contributed by atoms with Gasteiger partial charge in [0.25, 0.3) is 0 Å². The molecule has 2 aliphatic heterocycles. The second-order valence-corrected chi connectivity index (χ2v) is 9.95. The highest BCUT2D eigenvalue weighted by molar-refractivity contribution is 5.87. The van der Waals surface area contributed by atoms with Gasteiger partial charge in [0.05, 0.1) is 12.4 Å². The Bertz CT molecular complexity index is 1230. The van der Waals surface area contributed by atoms with Crippen LogP contribution in [0.15, 0.2) is 43.2 Å². The van der Waals surface area contributed by atoms with Gasteiger partial charge in [0.15, 0.2) is 17.0 Å². The third-order valence-corrected chi connectivity index (χ3v) is 6.93. The Labute approximate surface area is 224 Å². The summed E-state index contributed by atoms with van der Waals surface area (Å²) >= 11 is 0. The second-order valence-electron chi connectivity index (χ2n) is 9.95. The van der Waals surface area contributed by atoms with Gasteiger partial charge in [-0.1, -0.05) is 6.58 Å². The van der Waals surface area contributed by atoms with E-state index in [4.69, 9.17) is 14.7 Å². The van der Waals surface area contributed by atoms with Gasteiger partial charge in [-0.25, -0.2) is 4.98 Å². The summed E-state index contributed by atoms with van der Waals surface area (Å²) in [4.78, 5) is 30.9. The van der Waals surface area contributed by atoms with Crippen molar-refractivity contribution in [3.8, 4) is 0 Å². The molecule has 2 aromatic heterocycles. The smallest absolute Gasteiger partial charge is 0.240 e. The van der Waals surface area contributed by atoms with Crippen molar-refractivity contribution in [1.82, 2.24) is 24.4 Å². The summed E-state index contributed by atoms with van der Waals surface area (Å²) in [5, 5.41) is 3.51. The molecule has 2 fully saturated rings. The number of rotatable bonds is 7. The molecule has 0 radical (unpaired) electrons. The number of hydrogen-bond acceptors (Lipinski definition) is 9. The highest BCUT2D eigenvalue weighted by Crippen LogP contribution is 2.29. The number of anilines is 4. The Morgan fingerprint density at radius 2 is 1.82 bits per heavy atom. The van der Waals surface area contributed by atoms with Crippen molar-refractivity contribution in [2.24, 2.45) is 5.73 Å². The number of imidazole rings is 1. The first-order chi connectivity index (χ1) is 18.3. The van der Waals surface area contributed by atoms with Gasteiger partial charge in [-0.3, -0.25) is 4.79 Å². The predicted molar refractivity (Wildman–Crippen MR) is 152 cm³/mol. The van der Waals surface area contributed by atoms with Crippen LogP contribution in [-0.4, -0.2) is 89.9 Å². The second kappa shape index (κ2) is 12.2. The average Bonchev–Trinajstić information content (AvgIpc) is 3.58. The van der Waals surface area contributed by atoms with Crippen LogP contribution in [0.3, 0.4) is 0 Å². The van der Waals surface area contributed by atoms with Crippen molar-refractivity contribution in [2.75, 3.05) is 68.5 Å². The summed E-state index contributed by atoms with van der Waals surface area (Å²) in [5.41, 5.74) is 8.43. The molecule has 3 aromatic rings. The number of nitrogens with two attached hydrogens (primary N) is 1. The molecule has 204 valence electrons. The molecule has 0 bridgehead atoms. The van der Waals surface area contributed by atoms with Gasteiger partial charge in [-0.15, -0.1) is 0 Å². The molecule has 3 N–H and O–H groups in total. The van der Waals surface area contributed by atoms with E-state index in [1.807, 2.05) is 6.33 Å². The van der Waals surface area contributed by atoms with Crippen LogP contribution in [-0.2, 0) is 9.53 Å². The Balaban J connectivity index is 0.000000617. The first kappa shape index (κ1) is 27.3. The average molecular weight is 522 g/mol. The van der Waals surface area contributed by atoms with E-state index in [9.17, 15) is 4.79 Å². The van der Waals surface area contributed by atoms with E-state index in [1.165, 1.54) is 5.69 Å². The number of likely N-dealkylation sites (N-methyl/N-ethyl adjacent to an activating group) is 1. The minimum absolute atomic E-state index is 0.220. The minimum Gasteiger partial charge on any atom is -0.380 e. The summed E-state index contributed by atoms with van der Waals surface area (Å²) in [7, 11) is 3.95. The molecule has 0 aliphatic carbocycles. The molecule has 11 heteroatoms. The molecule has 0 saturated carbocycles. The maximum Gasteiger partial charge on any atom is 0.240 e. The first-order valence-corrected chi connectivity index (χ1v) is 13.0. The molecule has 1 atom stereocenters. The number of methoxy groups -OCH3 is 1. The van der Waals surface area contributed by atoms with Gasteiger partial charge in [0.1, 0.15) is 0 Å². The number of fused-ring (bicyclic) bond motifs is 1. The molecule has 38 heavy (non-hydrogen) atoms. The van der Waals surface area contributed by atoms with Crippen LogP contribution in [0.1, 0.15) is 26.3 Å². The molecule has 1 aromatic carbocycles. The lowest BCUT2D eigenvalue weighted by atomic mass is 10.2. The highest BCUT2D eigenvalue weighted by Gasteiger charge is 2.26. The number of carbonyl (C=O) groups is 1. The number of hydrogen-bond donors (Lipinski definition) is 2. The van der Waals surface area contributed by atoms with E-state index in [0.29, 0.717) is 0 Å². The van der Waals surface area contributed by atoms with Crippen LogP contribution in [0, 0.1) is 0 Å². The lowest BCUT2D eigenvalue weighted by Crippen LogP contribution is -2.44. The number of ether oxygens (including phenoxy) is 1. The van der Waals surface area contributed by atoms with E-state index >= 15 is 0 Å². The maximum atomic E-state index is 9.47. The zero-order chi connectivity index (χ0) is 27.2. The minimum atomic E-state index is -0.481. The van der Waals surface area contributed by atoms with Crippen LogP contribution in [0.5, 0.6) is 0 Å². The Hall–Kier alpha value is -3.70. The van der Waals surface area contributed by atoms with Crippen LogP contribution in [0.25, 0.3) is 11.2 Å². The number of piperazine rings is 1. The Kier molecular flexibility index (Phi) is 8.80. The van der Waals surface area contributed by atoms with Crippen molar-refractivity contribution < 1.29 is 9.53 Å². The molecule has 4 heterocycles. The fraction of sp³-hybridized carbons (Fsp3) is 0.481. The van der Waals surface area contributed by atoms with Crippen molar-refractivity contribution >= 4 is 40.2 Å². The van der Waals surface area contributed by atoms with Gasteiger partial charge in [-0.2, -0.15) is 9.97 Å². The normalized spacial score (nSPS) is 18.0. The van der Waals surface area contributed by atoms with E-state index < -0.39 is 5.91 Å². The van der Waals surface area contributed by atoms with Gasteiger partial charge in [-0.05, 0) is 57.7 Å². The van der Waals surface area contributed by atoms with Crippen molar-refractivity contribution in [3.63, 3.8) is 0 Å². The molecule has 11 nitrogen and oxygen atoms in total. The highest BCUT2D eigenvalue weighted by atomic mass is 16.5. The van der Waals surface area contributed by atoms with Crippen LogP contribution in [0.4, 0.5) is 23.1 Å². The van der Waals surface area contributed by atoms with Crippen LogP contribution in [0.2, 0.25) is 0 Å². The molecular formula is C27H39N9O2. The maximum absolute atomic E-state index is 9.47. The van der Waals surface area contributed by atoms with Gasteiger partial charge >= 0.3 is 0 Å². The van der Waals surface area contributed by atoms with E-state index in [-0.39, 0.29) is 12.1 Å². The van der Waals surface area contributed by atoms with Gasteiger partial charge < -0.3 is 35.1 Å². The summed E-state index contributed by atoms with van der Waals surface area (Å²) in [6, 6.07) is 8.88. The number of nitrogens with zero attached hydrogens (tertiary/aromatic N) is 7. The lowest BCUT2D eigenvalue weighted by Gasteiger charge is -2.34. The number of benzene rings is 1. The summed E-state index contributed by atoms with van der Waals surface area (Å²) < 4.78 is 7.66. The number of primary amides is 1. The lowest BCUT2D eigenvalue weighted by molar-refractivity contribution is -0.113. The predicted octanol–water partition coefficient (Wildman–Crippen LogP) is 2.79. The van der Waals surface area contributed by atoms with Gasteiger partial charge in [0.2, 0.25) is 11.9 Å². The fourth-order valence-corrected chi connectivity index (χ4v) is 4.57. The third kappa shape index (κ3) is 6.40. The standard InChI is InChI=1S/C24H34N8O.C3H5NO/c1-17(2)32-16-25-21-22(27-24(28-23(21)32)31-10-9-20(15-31)33-4)26-18-5-7-19(8-6-18)30-13-11-29(3)12-14-30;1-2-3(4)5/h5-8,16-17,20H,9-15H2,1-4H3,(H,26,27,28);2H,1H2,(H2,4,5). The topological polar surface area (TPSA) is 118 Å². The van der Waals surface area contributed by atoms with E-state index in [0.717, 1.165) is 80.4 Å². The molecule has 0 spiro atoms. The summed E-state index contributed by atoms with van der Waals surface area (Å²) in [5.74, 6) is 0.980. The van der Waals surface area contributed by atoms with Crippen molar-refractivity contribution in [2.45, 2.75) is 32.4 Å². The summed E-state index contributed by atoms with van der Waals surface area (Å²) in [6.45, 7) is 13.4. The monoisotopic (exact) mass is 521 g/mol. The number of amides is 1. The van der Waals surface area contributed by atoms with Crippen molar-refractivity contribution in [1.29, 1.82) is 0 Å². The van der Waals surface area contributed by atoms with Crippen LogP contribution < -0.4 is 20.9 Å². The molecule has 1 amide bonds. The number of nitrogens with one attached hydrogen (secondary N) is 1. The summed E-state index contributed by atoms with van der Waals surface area (Å²) in [6.07, 6.45) is 4.12. The SMILES string of the molecule is C=CC(N)=O.COC1CCN(c2nc(Nc3ccc(N4CCN(C)CC4)cc3)c3ncn(C(C)C)c3n2)C1.